The first kappa shape index (κ1) is 20.0. The van der Waals surface area contributed by atoms with Crippen LogP contribution in [-0.4, -0.2) is 22.4 Å². The number of likely N-dealkylation sites (tertiary alicyclic amines) is 1. The Hall–Kier alpha value is -1.94. The van der Waals surface area contributed by atoms with Gasteiger partial charge in [-0.15, -0.1) is 0 Å². The van der Waals surface area contributed by atoms with E-state index in [0.29, 0.717) is 37.3 Å². The van der Waals surface area contributed by atoms with Crippen LogP contribution in [-0.2, 0) is 20.9 Å². The Balaban J connectivity index is 1.54. The van der Waals surface area contributed by atoms with E-state index >= 15 is 0 Å². The fraction of sp³-hybridized carbons (Fsp3) is 0.560. The van der Waals surface area contributed by atoms with Gasteiger partial charge in [0.1, 0.15) is 11.6 Å². The van der Waals surface area contributed by atoms with Gasteiger partial charge in [0, 0.05) is 46.7 Å². The Morgan fingerprint density at radius 1 is 1.10 bits per heavy atom. The van der Waals surface area contributed by atoms with Gasteiger partial charge in [-0.05, 0) is 42.7 Å². The minimum Gasteiger partial charge on any atom is -0.311 e. The number of halogens is 1. The highest BCUT2D eigenvalue weighted by atomic mass is 35.5. The lowest BCUT2D eigenvalue weighted by Crippen LogP contribution is -2.57. The van der Waals surface area contributed by atoms with E-state index in [2.05, 4.69) is 13.0 Å². The number of fused-ring (bicyclic) bond motifs is 5. The Morgan fingerprint density at radius 2 is 1.87 bits per heavy atom. The molecule has 1 aliphatic heterocycles. The first-order valence-electron chi connectivity index (χ1n) is 11.1. The number of rotatable bonds is 2. The van der Waals surface area contributed by atoms with Crippen molar-refractivity contribution in [2.24, 2.45) is 28.6 Å². The zero-order chi connectivity index (χ0) is 21.3. The molecule has 5 heteroatoms. The summed E-state index contributed by atoms with van der Waals surface area (Å²) in [5, 5.41) is 0.654. The van der Waals surface area contributed by atoms with Gasteiger partial charge in [0.05, 0.1) is 6.54 Å². The number of carbonyl (C=O) groups excluding carboxylic acids is 3. The summed E-state index contributed by atoms with van der Waals surface area (Å²) in [6.45, 7) is 4.61. The van der Waals surface area contributed by atoms with Crippen LogP contribution < -0.4 is 0 Å². The topological polar surface area (TPSA) is 54.5 Å². The first-order valence-corrected chi connectivity index (χ1v) is 11.4. The predicted octanol–water partition coefficient (Wildman–Crippen LogP) is 4.95. The Kier molecular flexibility index (Phi) is 4.52. The number of nitrogens with zero attached hydrogens (tertiary/aromatic N) is 1. The number of carbonyl (C=O) groups is 3. The average Bonchev–Trinajstić information content (AvgIpc) is 3.00. The second kappa shape index (κ2) is 6.78. The minimum atomic E-state index is -0.484. The number of hydrogen-bond acceptors (Lipinski definition) is 3. The molecule has 1 amide bonds. The van der Waals surface area contributed by atoms with Crippen LogP contribution in [0.2, 0.25) is 5.02 Å². The van der Waals surface area contributed by atoms with Gasteiger partial charge in [-0.2, -0.15) is 0 Å². The monoisotopic (exact) mass is 425 g/mol. The van der Waals surface area contributed by atoms with E-state index in [9.17, 15) is 14.4 Å². The molecule has 1 aromatic rings. The van der Waals surface area contributed by atoms with E-state index < -0.39 is 5.41 Å². The zero-order valence-electron chi connectivity index (χ0n) is 17.6. The van der Waals surface area contributed by atoms with E-state index in [1.807, 2.05) is 36.1 Å². The standard InChI is InChI=1S/C25H28ClNO3/c1-24-12-11-22(30)27(14-15-5-3-4-6-18(15)26)20(24)9-7-16-17-8-10-21(29)25(17,2)13-19(28)23(16)24/h3-6,9,16-17,23H,7-8,10-14H2,1-2H3/t16-,17-,23+,24?,25-/m0/s1. The van der Waals surface area contributed by atoms with Crippen LogP contribution in [0, 0.1) is 28.6 Å². The molecule has 1 unspecified atom stereocenters. The molecule has 0 radical (unpaired) electrons. The van der Waals surface area contributed by atoms with E-state index in [-0.39, 0.29) is 40.6 Å². The van der Waals surface area contributed by atoms with E-state index in [1.54, 1.807) is 0 Å². The van der Waals surface area contributed by atoms with Crippen molar-refractivity contribution in [1.29, 1.82) is 0 Å². The molecule has 2 saturated carbocycles. The predicted molar refractivity (Wildman–Crippen MR) is 114 cm³/mol. The Labute approximate surface area is 182 Å². The summed E-state index contributed by atoms with van der Waals surface area (Å²) in [4.78, 5) is 40.9. The number of piperidine rings is 1. The third kappa shape index (κ3) is 2.69. The summed E-state index contributed by atoms with van der Waals surface area (Å²) in [6, 6.07) is 7.62. The highest BCUT2D eigenvalue weighted by molar-refractivity contribution is 6.31. The number of allylic oxidation sites excluding steroid dienone is 2. The van der Waals surface area contributed by atoms with Crippen LogP contribution in [0.3, 0.4) is 0 Å². The molecule has 3 aliphatic carbocycles. The maximum Gasteiger partial charge on any atom is 0.227 e. The van der Waals surface area contributed by atoms with Gasteiger partial charge >= 0.3 is 0 Å². The molecular weight excluding hydrogens is 398 g/mol. The number of hydrogen-bond donors (Lipinski definition) is 0. The quantitative estimate of drug-likeness (QED) is 0.673. The largest absolute Gasteiger partial charge is 0.311 e. The molecule has 3 fully saturated rings. The van der Waals surface area contributed by atoms with Gasteiger partial charge in [-0.25, -0.2) is 0 Å². The number of Topliss-reactive ketones (excluding diaryl/α,β-unsaturated/α-hetero) is 2. The van der Waals surface area contributed by atoms with Gasteiger partial charge < -0.3 is 4.90 Å². The van der Waals surface area contributed by atoms with Gasteiger partial charge in [-0.3, -0.25) is 14.4 Å². The molecule has 158 valence electrons. The molecular formula is C25H28ClNO3. The lowest BCUT2D eigenvalue weighted by Gasteiger charge is -2.56. The molecule has 5 rings (SSSR count). The Bertz CT molecular complexity index is 984. The summed E-state index contributed by atoms with van der Waals surface area (Å²) in [7, 11) is 0. The second-order valence-electron chi connectivity index (χ2n) is 10.1. The molecule has 1 aromatic carbocycles. The van der Waals surface area contributed by atoms with Crippen LogP contribution >= 0.6 is 11.6 Å². The highest BCUT2D eigenvalue weighted by Gasteiger charge is 2.62. The van der Waals surface area contributed by atoms with Crippen LogP contribution in [0.25, 0.3) is 0 Å². The molecule has 0 aromatic heterocycles. The van der Waals surface area contributed by atoms with E-state index in [4.69, 9.17) is 11.6 Å². The average molecular weight is 426 g/mol. The number of amides is 1. The van der Waals surface area contributed by atoms with Crippen molar-refractivity contribution in [3.8, 4) is 0 Å². The first-order chi connectivity index (χ1) is 14.3. The highest BCUT2D eigenvalue weighted by Crippen LogP contribution is 2.62. The fourth-order valence-corrected chi connectivity index (χ4v) is 7.23. The lowest BCUT2D eigenvalue weighted by molar-refractivity contribution is -0.152. The summed E-state index contributed by atoms with van der Waals surface area (Å²) in [6.07, 6.45) is 5.95. The fourth-order valence-electron chi connectivity index (χ4n) is 7.03. The van der Waals surface area contributed by atoms with Gasteiger partial charge in [0.15, 0.2) is 0 Å². The lowest BCUT2D eigenvalue weighted by atomic mass is 9.49. The maximum atomic E-state index is 13.5. The van der Waals surface area contributed by atoms with Crippen molar-refractivity contribution in [2.45, 2.75) is 58.9 Å². The van der Waals surface area contributed by atoms with E-state index in [1.165, 1.54) is 0 Å². The van der Waals surface area contributed by atoms with Crippen molar-refractivity contribution in [3.05, 3.63) is 46.6 Å². The van der Waals surface area contributed by atoms with Crippen molar-refractivity contribution >= 4 is 29.1 Å². The maximum absolute atomic E-state index is 13.5. The molecule has 4 aliphatic rings. The summed E-state index contributed by atoms with van der Waals surface area (Å²) in [5.74, 6) is 0.945. The molecule has 0 spiro atoms. The van der Waals surface area contributed by atoms with E-state index in [0.717, 1.165) is 24.1 Å². The van der Waals surface area contributed by atoms with Gasteiger partial charge in [0.2, 0.25) is 5.91 Å². The van der Waals surface area contributed by atoms with Crippen LogP contribution in [0.1, 0.15) is 57.9 Å². The third-order valence-corrected chi connectivity index (χ3v) is 8.93. The van der Waals surface area contributed by atoms with Gasteiger partial charge in [0.25, 0.3) is 0 Å². The molecule has 0 N–H and O–H groups in total. The van der Waals surface area contributed by atoms with Crippen LogP contribution in [0.5, 0.6) is 0 Å². The normalized spacial score (nSPS) is 38.1. The molecule has 30 heavy (non-hydrogen) atoms. The number of ketones is 2. The summed E-state index contributed by atoms with van der Waals surface area (Å²) < 4.78 is 0. The molecule has 5 atom stereocenters. The SMILES string of the molecule is CC12CCC(=O)N(Cc3ccccc3Cl)C1=CC[C@@H]1[C@@H]2C(=O)C[C@]2(C)C(=O)CC[C@@H]12. The van der Waals surface area contributed by atoms with Crippen LogP contribution in [0.15, 0.2) is 36.0 Å². The number of benzene rings is 1. The molecule has 4 nitrogen and oxygen atoms in total. The van der Waals surface area contributed by atoms with Crippen molar-refractivity contribution in [1.82, 2.24) is 4.90 Å². The second-order valence-corrected chi connectivity index (χ2v) is 10.5. The molecule has 1 heterocycles. The third-order valence-electron chi connectivity index (χ3n) is 8.56. The minimum absolute atomic E-state index is 0.0984. The molecule has 1 saturated heterocycles. The summed E-state index contributed by atoms with van der Waals surface area (Å²) in [5.41, 5.74) is 1.06. The van der Waals surface area contributed by atoms with Crippen molar-refractivity contribution in [3.63, 3.8) is 0 Å². The smallest absolute Gasteiger partial charge is 0.227 e. The Morgan fingerprint density at radius 3 is 2.63 bits per heavy atom. The molecule has 0 bridgehead atoms. The zero-order valence-corrected chi connectivity index (χ0v) is 18.4. The van der Waals surface area contributed by atoms with Crippen LogP contribution in [0.4, 0.5) is 0 Å². The van der Waals surface area contributed by atoms with Crippen molar-refractivity contribution < 1.29 is 14.4 Å². The van der Waals surface area contributed by atoms with Crippen molar-refractivity contribution in [2.75, 3.05) is 0 Å². The summed E-state index contributed by atoms with van der Waals surface area (Å²) >= 11 is 6.38. The van der Waals surface area contributed by atoms with Gasteiger partial charge in [-0.1, -0.05) is 49.7 Å².